The third kappa shape index (κ3) is 1.86. The van der Waals surface area contributed by atoms with E-state index in [-0.39, 0.29) is 6.29 Å². The lowest BCUT2D eigenvalue weighted by Crippen LogP contribution is -2.35. The van der Waals surface area contributed by atoms with Crippen LogP contribution in [-0.2, 0) is 16.1 Å². The quantitative estimate of drug-likeness (QED) is 0.761. The van der Waals surface area contributed by atoms with Crippen LogP contribution < -0.4 is 0 Å². The number of hydroxylamine groups is 2. The number of rotatable bonds is 2. The third-order valence-electron chi connectivity index (χ3n) is 3.44. The number of hydrogen-bond donors (Lipinski definition) is 0. The summed E-state index contributed by atoms with van der Waals surface area (Å²) in [6, 6.07) is 11.0. The molecule has 86 valence electrons. The van der Waals surface area contributed by atoms with Crippen molar-refractivity contribution >= 4 is 0 Å². The largest absolute Gasteiger partial charge is 0.350 e. The fourth-order valence-electron chi connectivity index (χ4n) is 2.49. The van der Waals surface area contributed by atoms with E-state index in [4.69, 9.17) is 9.57 Å². The Morgan fingerprint density at radius 2 is 2.12 bits per heavy atom. The molecule has 2 heterocycles. The van der Waals surface area contributed by atoms with E-state index in [2.05, 4.69) is 36.3 Å². The Morgan fingerprint density at radius 1 is 1.31 bits per heavy atom. The van der Waals surface area contributed by atoms with E-state index in [9.17, 15) is 0 Å². The van der Waals surface area contributed by atoms with Gasteiger partial charge < -0.3 is 4.74 Å². The van der Waals surface area contributed by atoms with E-state index in [0.717, 1.165) is 19.6 Å². The van der Waals surface area contributed by atoms with Crippen LogP contribution >= 0.6 is 0 Å². The molecule has 2 aliphatic rings. The van der Waals surface area contributed by atoms with Crippen LogP contribution in [0.5, 0.6) is 0 Å². The summed E-state index contributed by atoms with van der Waals surface area (Å²) >= 11 is 0. The molecule has 0 radical (unpaired) electrons. The van der Waals surface area contributed by atoms with E-state index in [1.807, 2.05) is 6.07 Å². The molecular formula is C13H17NO2. The zero-order chi connectivity index (χ0) is 11.0. The van der Waals surface area contributed by atoms with Crippen LogP contribution in [0, 0.1) is 5.92 Å². The maximum absolute atomic E-state index is 5.77. The van der Waals surface area contributed by atoms with Crippen molar-refractivity contribution in [2.75, 3.05) is 6.61 Å². The second kappa shape index (κ2) is 4.17. The molecule has 0 N–H and O–H groups in total. The Hall–Kier alpha value is -0.900. The van der Waals surface area contributed by atoms with Crippen molar-refractivity contribution in [1.82, 2.24) is 5.06 Å². The SMILES string of the molecule is CC1COC2CC1N(Cc1ccccc1)O2. The van der Waals surface area contributed by atoms with Gasteiger partial charge in [0.15, 0.2) is 6.29 Å². The summed E-state index contributed by atoms with van der Waals surface area (Å²) in [5.74, 6) is 0.558. The zero-order valence-corrected chi connectivity index (χ0v) is 9.50. The first-order valence-corrected chi connectivity index (χ1v) is 5.92. The molecule has 3 rings (SSSR count). The highest BCUT2D eigenvalue weighted by atomic mass is 16.8. The minimum absolute atomic E-state index is 0.00934. The standard InChI is InChI=1S/C13H17NO2/c1-10-9-15-13-7-12(10)14(16-13)8-11-5-3-2-4-6-11/h2-6,10,12-13H,7-9H2,1H3. The van der Waals surface area contributed by atoms with Crippen molar-refractivity contribution in [1.29, 1.82) is 0 Å². The van der Waals surface area contributed by atoms with Crippen LogP contribution in [0.2, 0.25) is 0 Å². The Balaban J connectivity index is 1.72. The van der Waals surface area contributed by atoms with Crippen molar-refractivity contribution < 1.29 is 9.57 Å². The predicted octanol–water partition coefficient (Wildman–Crippen LogP) is 2.18. The molecule has 3 unspecified atom stereocenters. The molecule has 1 aromatic rings. The number of ether oxygens (including phenoxy) is 1. The summed E-state index contributed by atoms with van der Waals surface area (Å²) in [5, 5.41) is 2.09. The van der Waals surface area contributed by atoms with Crippen LogP contribution in [0.1, 0.15) is 18.9 Å². The van der Waals surface area contributed by atoms with Crippen molar-refractivity contribution in [3.8, 4) is 0 Å². The first kappa shape index (κ1) is 10.3. The predicted molar refractivity (Wildman–Crippen MR) is 60.4 cm³/mol. The molecule has 0 saturated carbocycles. The number of hydrogen-bond acceptors (Lipinski definition) is 3. The fourth-order valence-corrected chi connectivity index (χ4v) is 2.49. The van der Waals surface area contributed by atoms with Gasteiger partial charge in [0.05, 0.1) is 6.61 Å². The van der Waals surface area contributed by atoms with Crippen molar-refractivity contribution in [2.45, 2.75) is 32.2 Å². The van der Waals surface area contributed by atoms with Crippen LogP contribution in [-0.4, -0.2) is 24.0 Å². The van der Waals surface area contributed by atoms with Gasteiger partial charge in [-0.15, -0.1) is 0 Å². The molecule has 2 aliphatic heterocycles. The van der Waals surface area contributed by atoms with Crippen molar-refractivity contribution in [2.24, 2.45) is 5.92 Å². The summed E-state index contributed by atoms with van der Waals surface area (Å²) in [7, 11) is 0. The average Bonchev–Trinajstić information content (AvgIpc) is 2.64. The molecule has 0 amide bonds. The summed E-state index contributed by atoms with van der Waals surface area (Å²) in [5.41, 5.74) is 1.29. The monoisotopic (exact) mass is 219 g/mol. The second-order valence-corrected chi connectivity index (χ2v) is 4.71. The Labute approximate surface area is 95.9 Å². The second-order valence-electron chi connectivity index (χ2n) is 4.71. The van der Waals surface area contributed by atoms with Gasteiger partial charge in [0.1, 0.15) is 0 Å². The van der Waals surface area contributed by atoms with E-state index in [1.165, 1.54) is 5.56 Å². The van der Waals surface area contributed by atoms with Gasteiger partial charge in [-0.05, 0) is 11.5 Å². The number of benzene rings is 1. The zero-order valence-electron chi connectivity index (χ0n) is 9.50. The van der Waals surface area contributed by atoms with Gasteiger partial charge in [-0.3, -0.25) is 4.84 Å². The fraction of sp³-hybridized carbons (Fsp3) is 0.538. The lowest BCUT2D eigenvalue weighted by molar-refractivity contribution is -0.228. The Kier molecular flexibility index (Phi) is 2.67. The first-order valence-electron chi connectivity index (χ1n) is 5.92. The van der Waals surface area contributed by atoms with Gasteiger partial charge in [-0.25, -0.2) is 0 Å². The average molecular weight is 219 g/mol. The topological polar surface area (TPSA) is 21.7 Å². The molecule has 1 aromatic carbocycles. The van der Waals surface area contributed by atoms with Crippen LogP contribution in [0.3, 0.4) is 0 Å². The van der Waals surface area contributed by atoms with Crippen LogP contribution in [0.15, 0.2) is 30.3 Å². The summed E-state index contributed by atoms with van der Waals surface area (Å²) in [6.07, 6.45) is 0.999. The van der Waals surface area contributed by atoms with Gasteiger partial charge in [0.2, 0.25) is 0 Å². The smallest absolute Gasteiger partial charge is 0.179 e. The molecular weight excluding hydrogens is 202 g/mol. The first-order chi connectivity index (χ1) is 7.83. The molecule has 0 aromatic heterocycles. The van der Waals surface area contributed by atoms with Gasteiger partial charge >= 0.3 is 0 Å². The lowest BCUT2D eigenvalue weighted by Gasteiger charge is -2.26. The molecule has 2 saturated heterocycles. The van der Waals surface area contributed by atoms with Crippen LogP contribution in [0.25, 0.3) is 0 Å². The highest BCUT2D eigenvalue weighted by Gasteiger charge is 2.41. The van der Waals surface area contributed by atoms with E-state index in [1.54, 1.807) is 0 Å². The van der Waals surface area contributed by atoms with E-state index >= 15 is 0 Å². The van der Waals surface area contributed by atoms with Gasteiger partial charge in [0.25, 0.3) is 0 Å². The molecule has 0 spiro atoms. The van der Waals surface area contributed by atoms with E-state index in [0.29, 0.717) is 12.0 Å². The van der Waals surface area contributed by atoms with Gasteiger partial charge in [0, 0.05) is 19.0 Å². The normalized spacial score (nSPS) is 34.2. The van der Waals surface area contributed by atoms with Crippen molar-refractivity contribution in [3.05, 3.63) is 35.9 Å². The molecule has 0 aliphatic carbocycles. The summed E-state index contributed by atoms with van der Waals surface area (Å²) in [4.78, 5) is 5.77. The molecule has 3 nitrogen and oxygen atoms in total. The molecule has 3 heteroatoms. The maximum atomic E-state index is 5.77. The minimum Gasteiger partial charge on any atom is -0.350 e. The number of fused-ring (bicyclic) bond motifs is 2. The minimum atomic E-state index is -0.00934. The highest BCUT2D eigenvalue weighted by molar-refractivity contribution is 5.14. The lowest BCUT2D eigenvalue weighted by atomic mass is 9.97. The third-order valence-corrected chi connectivity index (χ3v) is 3.44. The molecule has 3 atom stereocenters. The van der Waals surface area contributed by atoms with Crippen LogP contribution in [0.4, 0.5) is 0 Å². The number of nitrogens with zero attached hydrogens (tertiary/aromatic N) is 1. The van der Waals surface area contributed by atoms with Gasteiger partial charge in [-0.2, -0.15) is 5.06 Å². The molecule has 2 fully saturated rings. The Bertz CT molecular complexity index is 354. The van der Waals surface area contributed by atoms with Gasteiger partial charge in [-0.1, -0.05) is 37.3 Å². The highest BCUT2D eigenvalue weighted by Crippen LogP contribution is 2.33. The summed E-state index contributed by atoms with van der Waals surface area (Å²) < 4.78 is 5.59. The van der Waals surface area contributed by atoms with Crippen molar-refractivity contribution in [3.63, 3.8) is 0 Å². The maximum Gasteiger partial charge on any atom is 0.179 e. The summed E-state index contributed by atoms with van der Waals surface area (Å²) in [6.45, 7) is 3.91. The molecule has 2 bridgehead atoms. The molecule has 16 heavy (non-hydrogen) atoms. The van der Waals surface area contributed by atoms with E-state index < -0.39 is 0 Å². The Morgan fingerprint density at radius 3 is 2.94 bits per heavy atom.